The highest BCUT2D eigenvalue weighted by Crippen LogP contribution is 2.30. The maximum atomic E-state index is 4.80. The van der Waals surface area contributed by atoms with Crippen molar-refractivity contribution in [3.05, 3.63) is 11.9 Å². The summed E-state index contributed by atoms with van der Waals surface area (Å²) in [6.45, 7) is 4.38. The molecule has 116 valence electrons. The molecular weight excluding hydrogens is 262 g/mol. The van der Waals surface area contributed by atoms with Crippen LogP contribution in [0.3, 0.4) is 0 Å². The molecule has 3 rings (SSSR count). The van der Waals surface area contributed by atoms with Crippen LogP contribution in [0, 0.1) is 0 Å². The first-order valence-electron chi connectivity index (χ1n) is 8.24. The highest BCUT2D eigenvalue weighted by Gasteiger charge is 2.35. The van der Waals surface area contributed by atoms with E-state index in [1.807, 2.05) is 7.05 Å². The Morgan fingerprint density at radius 1 is 1.24 bits per heavy atom. The van der Waals surface area contributed by atoms with E-state index in [4.69, 9.17) is 4.98 Å². The maximum absolute atomic E-state index is 4.80. The third kappa shape index (κ3) is 2.98. The van der Waals surface area contributed by atoms with E-state index in [2.05, 4.69) is 40.1 Å². The molecule has 0 spiro atoms. The smallest absolute Gasteiger partial charge is 0.134 e. The van der Waals surface area contributed by atoms with Gasteiger partial charge in [-0.15, -0.1) is 0 Å². The second-order valence-corrected chi connectivity index (χ2v) is 6.31. The van der Waals surface area contributed by atoms with E-state index in [0.29, 0.717) is 6.04 Å². The molecule has 2 atom stereocenters. The zero-order valence-corrected chi connectivity index (χ0v) is 13.5. The zero-order valence-electron chi connectivity index (χ0n) is 13.5. The Kier molecular flexibility index (Phi) is 4.29. The van der Waals surface area contributed by atoms with Crippen LogP contribution in [0.5, 0.6) is 0 Å². The molecule has 3 heterocycles. The van der Waals surface area contributed by atoms with Gasteiger partial charge in [-0.25, -0.2) is 9.97 Å². The van der Waals surface area contributed by atoms with Crippen molar-refractivity contribution in [1.29, 1.82) is 0 Å². The Labute approximate surface area is 127 Å². The average molecular weight is 289 g/mol. The van der Waals surface area contributed by atoms with Crippen molar-refractivity contribution in [2.75, 3.05) is 37.4 Å². The van der Waals surface area contributed by atoms with E-state index >= 15 is 0 Å². The van der Waals surface area contributed by atoms with E-state index in [1.54, 1.807) is 0 Å². The van der Waals surface area contributed by atoms with E-state index in [9.17, 15) is 0 Å². The molecule has 1 N–H and O–H groups in total. The predicted molar refractivity (Wildman–Crippen MR) is 87.0 cm³/mol. The number of nitrogens with one attached hydrogen (secondary N) is 1. The van der Waals surface area contributed by atoms with Crippen molar-refractivity contribution in [1.82, 2.24) is 14.9 Å². The summed E-state index contributed by atoms with van der Waals surface area (Å²) in [5.41, 5.74) is 0. The van der Waals surface area contributed by atoms with E-state index in [1.165, 1.54) is 19.3 Å². The molecule has 2 saturated heterocycles. The molecule has 1 aromatic heterocycles. The summed E-state index contributed by atoms with van der Waals surface area (Å²) in [7, 11) is 4.22. The van der Waals surface area contributed by atoms with E-state index in [0.717, 1.165) is 49.4 Å². The lowest BCUT2D eigenvalue weighted by atomic mass is 10.1. The van der Waals surface area contributed by atoms with Gasteiger partial charge in [0.05, 0.1) is 0 Å². The first kappa shape index (κ1) is 14.6. The van der Waals surface area contributed by atoms with Crippen molar-refractivity contribution in [3.8, 4) is 0 Å². The minimum Gasteiger partial charge on any atom is -0.373 e. The second-order valence-electron chi connectivity index (χ2n) is 6.31. The first-order valence-corrected chi connectivity index (χ1v) is 8.24. The summed E-state index contributed by atoms with van der Waals surface area (Å²) in [4.78, 5) is 14.4. The highest BCUT2D eigenvalue weighted by molar-refractivity contribution is 5.49. The molecule has 1 aromatic rings. The molecule has 0 radical (unpaired) electrons. The van der Waals surface area contributed by atoms with Gasteiger partial charge in [0.25, 0.3) is 0 Å². The monoisotopic (exact) mass is 289 g/mol. The van der Waals surface area contributed by atoms with E-state index in [-0.39, 0.29) is 0 Å². The third-order valence-corrected chi connectivity index (χ3v) is 4.96. The number of fused-ring (bicyclic) bond motifs is 2. The van der Waals surface area contributed by atoms with Crippen LogP contribution in [0.15, 0.2) is 6.07 Å². The van der Waals surface area contributed by atoms with Crippen molar-refractivity contribution in [2.45, 2.75) is 51.1 Å². The van der Waals surface area contributed by atoms with Crippen molar-refractivity contribution in [3.63, 3.8) is 0 Å². The maximum Gasteiger partial charge on any atom is 0.134 e. The van der Waals surface area contributed by atoms with Gasteiger partial charge in [-0.2, -0.15) is 0 Å². The summed E-state index contributed by atoms with van der Waals surface area (Å²) < 4.78 is 0. The number of aromatic nitrogens is 2. The Bertz CT molecular complexity index is 490. The number of aryl methyl sites for hydroxylation is 1. The van der Waals surface area contributed by atoms with Gasteiger partial charge in [-0.3, -0.25) is 4.90 Å². The van der Waals surface area contributed by atoms with Crippen molar-refractivity contribution < 1.29 is 0 Å². The molecule has 2 fully saturated rings. The largest absolute Gasteiger partial charge is 0.373 e. The zero-order chi connectivity index (χ0) is 14.8. The summed E-state index contributed by atoms with van der Waals surface area (Å²) in [6, 6.07) is 3.54. The molecule has 5 heteroatoms. The summed E-state index contributed by atoms with van der Waals surface area (Å²) in [5.74, 6) is 2.99. The van der Waals surface area contributed by atoms with Gasteiger partial charge in [0.15, 0.2) is 0 Å². The van der Waals surface area contributed by atoms with Crippen LogP contribution in [0.4, 0.5) is 11.6 Å². The Hall–Kier alpha value is -1.36. The fourth-order valence-corrected chi connectivity index (χ4v) is 3.63. The average Bonchev–Trinajstić information content (AvgIpc) is 2.72. The second kappa shape index (κ2) is 6.18. The van der Waals surface area contributed by atoms with Gasteiger partial charge < -0.3 is 10.2 Å². The van der Waals surface area contributed by atoms with Crippen LogP contribution >= 0.6 is 0 Å². The number of rotatable bonds is 4. The van der Waals surface area contributed by atoms with Crippen LogP contribution in [0.2, 0.25) is 0 Å². The number of hydrogen-bond acceptors (Lipinski definition) is 5. The molecule has 0 saturated carbocycles. The molecule has 2 unspecified atom stereocenters. The minimum atomic E-state index is 0.681. The van der Waals surface area contributed by atoms with Gasteiger partial charge in [-0.1, -0.05) is 6.92 Å². The summed E-state index contributed by atoms with van der Waals surface area (Å²) in [5, 5.41) is 3.18. The lowest BCUT2D eigenvalue weighted by molar-refractivity contribution is 0.254. The normalized spacial score (nSPS) is 26.0. The van der Waals surface area contributed by atoms with Crippen LogP contribution < -0.4 is 10.2 Å². The lowest BCUT2D eigenvalue weighted by Gasteiger charge is -2.27. The van der Waals surface area contributed by atoms with Gasteiger partial charge >= 0.3 is 0 Å². The molecule has 0 aromatic carbocycles. The first-order chi connectivity index (χ1) is 10.2. The molecule has 2 aliphatic heterocycles. The minimum absolute atomic E-state index is 0.681. The molecule has 0 aliphatic carbocycles. The van der Waals surface area contributed by atoms with Crippen LogP contribution in [0.1, 0.15) is 38.4 Å². The number of likely N-dealkylation sites (N-methyl/N-ethyl adjacent to an activating group) is 1. The third-order valence-electron chi connectivity index (χ3n) is 4.96. The predicted octanol–water partition coefficient (Wildman–Crippen LogP) is 2.14. The van der Waals surface area contributed by atoms with Crippen LogP contribution in [0.25, 0.3) is 0 Å². The van der Waals surface area contributed by atoms with Gasteiger partial charge in [0.2, 0.25) is 0 Å². The van der Waals surface area contributed by atoms with Crippen LogP contribution in [-0.4, -0.2) is 54.1 Å². The Morgan fingerprint density at radius 2 is 2.05 bits per heavy atom. The lowest BCUT2D eigenvalue weighted by Crippen LogP contribution is -2.37. The summed E-state index contributed by atoms with van der Waals surface area (Å²) in [6.07, 6.45) is 5.96. The van der Waals surface area contributed by atoms with Crippen molar-refractivity contribution >= 4 is 11.6 Å². The Balaban J connectivity index is 1.83. The SMILES string of the molecule is CCCc1nc(NC)cc(N2CCC3CCC(C2)N3C)n1. The van der Waals surface area contributed by atoms with E-state index < -0.39 is 0 Å². The fourth-order valence-electron chi connectivity index (χ4n) is 3.63. The quantitative estimate of drug-likeness (QED) is 0.920. The number of anilines is 2. The molecule has 2 aliphatic rings. The fraction of sp³-hybridized carbons (Fsp3) is 0.750. The number of hydrogen-bond donors (Lipinski definition) is 1. The topological polar surface area (TPSA) is 44.3 Å². The standard InChI is InChI=1S/C16H27N5/c1-4-5-14-18-15(17-2)10-16(19-14)21-9-8-12-6-7-13(11-21)20(12)3/h10,12-13H,4-9,11H2,1-3H3,(H,17,18,19). The summed E-state index contributed by atoms with van der Waals surface area (Å²) >= 11 is 0. The molecule has 5 nitrogen and oxygen atoms in total. The van der Waals surface area contributed by atoms with Gasteiger partial charge in [0, 0.05) is 44.7 Å². The highest BCUT2D eigenvalue weighted by atomic mass is 15.3. The molecule has 0 amide bonds. The molecule has 2 bridgehead atoms. The molecular formula is C16H27N5. The van der Waals surface area contributed by atoms with Gasteiger partial charge in [-0.05, 0) is 32.7 Å². The van der Waals surface area contributed by atoms with Crippen molar-refractivity contribution in [2.24, 2.45) is 0 Å². The Morgan fingerprint density at radius 3 is 2.81 bits per heavy atom. The van der Waals surface area contributed by atoms with Gasteiger partial charge in [0.1, 0.15) is 17.5 Å². The number of nitrogens with zero attached hydrogens (tertiary/aromatic N) is 4. The molecule has 21 heavy (non-hydrogen) atoms. The van der Waals surface area contributed by atoms with Crippen LogP contribution in [-0.2, 0) is 6.42 Å².